The van der Waals surface area contributed by atoms with E-state index in [0.29, 0.717) is 11.3 Å². The van der Waals surface area contributed by atoms with Gasteiger partial charge in [0.05, 0.1) is 36.9 Å². The predicted molar refractivity (Wildman–Crippen MR) is 104 cm³/mol. The lowest BCUT2D eigenvalue weighted by atomic mass is 10.2. The molecule has 2 aromatic rings. The number of hydrogen-bond donors (Lipinski definition) is 1. The van der Waals surface area contributed by atoms with Gasteiger partial charge >= 0.3 is 5.97 Å². The molecule has 0 radical (unpaired) electrons. The van der Waals surface area contributed by atoms with E-state index in [1.807, 2.05) is 0 Å². The number of ether oxygens (including phenoxy) is 3. The van der Waals surface area contributed by atoms with Crippen LogP contribution in [0.4, 0.5) is 5.69 Å². The molecule has 2 aromatic carbocycles. The topological polar surface area (TPSA) is 102 Å². The number of carboxylic acids is 1. The largest absolute Gasteiger partial charge is 0.496 e. The third kappa shape index (κ3) is 4.26. The maximum Gasteiger partial charge on any atom is 0.324 e. The van der Waals surface area contributed by atoms with E-state index in [4.69, 9.17) is 25.8 Å². The fraction of sp³-hybridized carbons (Fsp3) is 0.278. The first-order valence-electron chi connectivity index (χ1n) is 7.96. The van der Waals surface area contributed by atoms with Crippen molar-refractivity contribution in [2.24, 2.45) is 0 Å². The standard InChI is InChI=1S/C18H20ClNO7S/c1-11-7-12(5-6-15(11)25-2)28(23,24)20(10-18(21)22)14-9-16(26-3)13(19)8-17(14)27-4/h5-9H,10H2,1-4H3,(H,21,22). The Morgan fingerprint density at radius 2 is 1.64 bits per heavy atom. The molecule has 0 spiro atoms. The molecule has 0 aliphatic rings. The lowest BCUT2D eigenvalue weighted by molar-refractivity contribution is -0.135. The van der Waals surface area contributed by atoms with Gasteiger partial charge in [-0.3, -0.25) is 9.10 Å². The summed E-state index contributed by atoms with van der Waals surface area (Å²) in [6.45, 7) is 0.861. The van der Waals surface area contributed by atoms with Crippen LogP contribution in [0.3, 0.4) is 0 Å². The van der Waals surface area contributed by atoms with Gasteiger partial charge in [0.15, 0.2) is 0 Å². The molecule has 0 bridgehead atoms. The number of anilines is 1. The van der Waals surface area contributed by atoms with E-state index in [2.05, 4.69) is 0 Å². The van der Waals surface area contributed by atoms with Crippen LogP contribution in [0.1, 0.15) is 5.56 Å². The van der Waals surface area contributed by atoms with Crippen LogP contribution >= 0.6 is 11.6 Å². The molecule has 0 saturated carbocycles. The van der Waals surface area contributed by atoms with Crippen LogP contribution in [0.5, 0.6) is 17.2 Å². The third-order valence-electron chi connectivity index (χ3n) is 3.96. The zero-order chi connectivity index (χ0) is 21.1. The van der Waals surface area contributed by atoms with E-state index < -0.39 is 22.5 Å². The van der Waals surface area contributed by atoms with Crippen molar-refractivity contribution in [2.45, 2.75) is 11.8 Å². The molecule has 0 aromatic heterocycles. The minimum absolute atomic E-state index is 0.0142. The Hall–Kier alpha value is -2.65. The zero-order valence-corrected chi connectivity index (χ0v) is 17.3. The molecule has 0 saturated heterocycles. The van der Waals surface area contributed by atoms with Gasteiger partial charge in [-0.25, -0.2) is 8.42 Å². The monoisotopic (exact) mass is 429 g/mol. The summed E-state index contributed by atoms with van der Waals surface area (Å²) in [4.78, 5) is 11.3. The summed E-state index contributed by atoms with van der Waals surface area (Å²) in [5.41, 5.74) is 0.569. The van der Waals surface area contributed by atoms with Crippen LogP contribution in [-0.4, -0.2) is 47.4 Å². The molecular formula is C18H20ClNO7S. The smallest absolute Gasteiger partial charge is 0.324 e. The molecule has 28 heavy (non-hydrogen) atoms. The normalized spacial score (nSPS) is 11.0. The van der Waals surface area contributed by atoms with Gasteiger partial charge in [0, 0.05) is 12.1 Å². The minimum atomic E-state index is -4.25. The van der Waals surface area contributed by atoms with E-state index >= 15 is 0 Å². The van der Waals surface area contributed by atoms with Crippen molar-refractivity contribution < 1.29 is 32.5 Å². The van der Waals surface area contributed by atoms with Crippen LogP contribution < -0.4 is 18.5 Å². The molecule has 0 aliphatic carbocycles. The summed E-state index contributed by atoms with van der Waals surface area (Å²) in [7, 11) is -0.0929. The van der Waals surface area contributed by atoms with E-state index in [-0.39, 0.29) is 27.1 Å². The van der Waals surface area contributed by atoms with Gasteiger partial charge in [-0.2, -0.15) is 0 Å². The van der Waals surface area contributed by atoms with Crippen molar-refractivity contribution in [1.29, 1.82) is 0 Å². The Bertz CT molecular complexity index is 992. The first-order chi connectivity index (χ1) is 13.1. The Labute approximate surface area is 168 Å². The lowest BCUT2D eigenvalue weighted by Gasteiger charge is -2.25. The van der Waals surface area contributed by atoms with Gasteiger partial charge < -0.3 is 19.3 Å². The highest BCUT2D eigenvalue weighted by atomic mass is 35.5. The number of carbonyl (C=O) groups is 1. The number of aliphatic carboxylic acids is 1. The van der Waals surface area contributed by atoms with Crippen LogP contribution in [0.25, 0.3) is 0 Å². The fourth-order valence-electron chi connectivity index (χ4n) is 2.60. The van der Waals surface area contributed by atoms with Crippen molar-refractivity contribution in [1.82, 2.24) is 0 Å². The highest BCUT2D eigenvalue weighted by Gasteiger charge is 2.31. The first-order valence-corrected chi connectivity index (χ1v) is 9.78. The SMILES string of the molecule is COc1ccc(S(=O)(=O)N(CC(=O)O)c2cc(OC)c(Cl)cc2OC)cc1C. The number of hydrogen-bond acceptors (Lipinski definition) is 6. The molecule has 0 heterocycles. The fourth-order valence-corrected chi connectivity index (χ4v) is 4.33. The summed E-state index contributed by atoms with van der Waals surface area (Å²) in [5.74, 6) is -0.575. The summed E-state index contributed by atoms with van der Waals surface area (Å²) >= 11 is 6.07. The van der Waals surface area contributed by atoms with Crippen molar-refractivity contribution in [3.8, 4) is 17.2 Å². The first kappa shape index (κ1) is 21.6. The van der Waals surface area contributed by atoms with Gasteiger partial charge in [0.1, 0.15) is 23.8 Å². The van der Waals surface area contributed by atoms with Gasteiger partial charge in [-0.05, 0) is 30.7 Å². The van der Waals surface area contributed by atoms with Crippen LogP contribution in [0, 0.1) is 6.92 Å². The van der Waals surface area contributed by atoms with Crippen LogP contribution in [0.2, 0.25) is 5.02 Å². The van der Waals surface area contributed by atoms with E-state index in [1.165, 1.54) is 51.7 Å². The Morgan fingerprint density at radius 3 is 2.14 bits per heavy atom. The third-order valence-corrected chi connectivity index (χ3v) is 6.01. The molecule has 0 fully saturated rings. The van der Waals surface area contributed by atoms with E-state index in [1.54, 1.807) is 6.92 Å². The average molecular weight is 430 g/mol. The quantitative estimate of drug-likeness (QED) is 0.688. The second kappa shape index (κ2) is 8.57. The van der Waals surface area contributed by atoms with Gasteiger partial charge in [0.25, 0.3) is 10.0 Å². The Kier molecular flexibility index (Phi) is 6.63. The summed E-state index contributed by atoms with van der Waals surface area (Å²) < 4.78 is 42.8. The molecule has 0 aliphatic heterocycles. The summed E-state index contributed by atoms with van der Waals surface area (Å²) in [6, 6.07) is 6.93. The van der Waals surface area contributed by atoms with Crippen molar-refractivity contribution in [2.75, 3.05) is 32.2 Å². The van der Waals surface area contributed by atoms with E-state index in [9.17, 15) is 18.3 Å². The number of aryl methyl sites for hydroxylation is 1. The van der Waals surface area contributed by atoms with E-state index in [0.717, 1.165) is 4.31 Å². The second-order valence-electron chi connectivity index (χ2n) is 5.70. The Balaban J connectivity index is 2.70. The highest BCUT2D eigenvalue weighted by molar-refractivity contribution is 7.92. The molecule has 0 atom stereocenters. The van der Waals surface area contributed by atoms with Crippen LogP contribution in [0.15, 0.2) is 35.2 Å². The number of benzene rings is 2. The number of rotatable bonds is 8. The number of sulfonamides is 1. The molecule has 10 heteroatoms. The van der Waals surface area contributed by atoms with Crippen molar-refractivity contribution >= 4 is 33.3 Å². The molecule has 0 amide bonds. The molecule has 1 N–H and O–H groups in total. The molecule has 2 rings (SSSR count). The Morgan fingerprint density at radius 1 is 1.04 bits per heavy atom. The molecule has 0 unspecified atom stereocenters. The number of nitrogens with zero attached hydrogens (tertiary/aromatic N) is 1. The molecular weight excluding hydrogens is 410 g/mol. The number of halogens is 1. The lowest BCUT2D eigenvalue weighted by Crippen LogP contribution is -2.36. The van der Waals surface area contributed by atoms with Crippen LogP contribution in [-0.2, 0) is 14.8 Å². The number of carboxylic acid groups (broad SMARTS) is 1. The van der Waals surface area contributed by atoms with Gasteiger partial charge in [-0.1, -0.05) is 11.6 Å². The maximum absolute atomic E-state index is 13.3. The molecule has 152 valence electrons. The predicted octanol–water partition coefficient (Wildman–Crippen LogP) is 2.95. The average Bonchev–Trinajstić information content (AvgIpc) is 2.65. The van der Waals surface area contributed by atoms with Gasteiger partial charge in [-0.15, -0.1) is 0 Å². The summed E-state index contributed by atoms with van der Waals surface area (Å²) in [6.07, 6.45) is 0. The molecule has 8 nitrogen and oxygen atoms in total. The second-order valence-corrected chi connectivity index (χ2v) is 7.96. The van der Waals surface area contributed by atoms with Crippen molar-refractivity contribution in [3.05, 3.63) is 40.9 Å². The highest BCUT2D eigenvalue weighted by Crippen LogP contribution is 2.40. The van der Waals surface area contributed by atoms with Crippen molar-refractivity contribution in [3.63, 3.8) is 0 Å². The summed E-state index contributed by atoms with van der Waals surface area (Å²) in [5, 5.41) is 9.50. The van der Waals surface area contributed by atoms with Gasteiger partial charge in [0.2, 0.25) is 0 Å². The zero-order valence-electron chi connectivity index (χ0n) is 15.7. The minimum Gasteiger partial charge on any atom is -0.496 e. The maximum atomic E-state index is 13.3. The number of methoxy groups -OCH3 is 3.